The minimum atomic E-state index is -4.11. The first-order valence-corrected chi connectivity index (χ1v) is 11.5. The van der Waals surface area contributed by atoms with Gasteiger partial charge >= 0.3 is 5.97 Å². The maximum Gasteiger partial charge on any atom is 0.359 e. The van der Waals surface area contributed by atoms with Crippen LogP contribution in [0.5, 0.6) is 0 Å². The largest absolute Gasteiger partial charge is 0.486 e. The fraction of sp³-hybridized carbons (Fsp3) is 0.160. The third-order valence-electron chi connectivity index (χ3n) is 5.32. The number of rotatable bonds is 5. The van der Waals surface area contributed by atoms with Crippen molar-refractivity contribution in [2.24, 2.45) is 0 Å². The fourth-order valence-electron chi connectivity index (χ4n) is 3.82. The Morgan fingerprint density at radius 3 is 2.16 bits per heavy atom. The summed E-state index contributed by atoms with van der Waals surface area (Å²) in [6, 6.07) is 21.4. The molecule has 0 bridgehead atoms. The average Bonchev–Trinajstić information content (AvgIpc) is 2.79. The van der Waals surface area contributed by atoms with Gasteiger partial charge in [0.2, 0.25) is 0 Å². The van der Waals surface area contributed by atoms with Crippen LogP contribution in [-0.2, 0) is 30.9 Å². The predicted octanol–water partition coefficient (Wildman–Crippen LogP) is 4.57. The van der Waals surface area contributed by atoms with Crippen LogP contribution in [0.25, 0.3) is 5.76 Å². The molecule has 0 fully saturated rings. The Bertz CT molecular complexity index is 1290. The summed E-state index contributed by atoms with van der Waals surface area (Å²) >= 11 is 0. The standard InChI is InChI=1S/C25H23NO5S/c1-17-10-9-11-18(2)22(17)26-23(25(27)30-3)24(31-16-19-12-5-4-6-13-19)20-14-7-8-15-21(20)32(26,28)29/h4-15H,16H2,1-3H3. The van der Waals surface area contributed by atoms with Crippen LogP contribution in [0.4, 0.5) is 5.69 Å². The normalized spacial score (nSPS) is 14.7. The van der Waals surface area contributed by atoms with Crippen LogP contribution in [0, 0.1) is 13.8 Å². The molecular weight excluding hydrogens is 426 g/mol. The van der Waals surface area contributed by atoms with Crippen molar-refractivity contribution in [1.82, 2.24) is 0 Å². The maximum atomic E-state index is 13.8. The Morgan fingerprint density at radius 2 is 1.50 bits per heavy atom. The van der Waals surface area contributed by atoms with Crippen molar-refractivity contribution in [3.8, 4) is 0 Å². The first-order valence-electron chi connectivity index (χ1n) is 10.1. The smallest absolute Gasteiger partial charge is 0.359 e. The molecule has 164 valence electrons. The summed E-state index contributed by atoms with van der Waals surface area (Å²) in [5.41, 5.74) is 2.86. The van der Waals surface area contributed by atoms with Gasteiger partial charge in [-0.05, 0) is 42.7 Å². The number of methoxy groups -OCH3 is 1. The summed E-state index contributed by atoms with van der Waals surface area (Å²) in [4.78, 5) is 13.1. The van der Waals surface area contributed by atoms with Gasteiger partial charge < -0.3 is 9.47 Å². The van der Waals surface area contributed by atoms with Crippen LogP contribution >= 0.6 is 0 Å². The summed E-state index contributed by atoms with van der Waals surface area (Å²) in [6.07, 6.45) is 0. The predicted molar refractivity (Wildman–Crippen MR) is 122 cm³/mol. The highest BCUT2D eigenvalue weighted by molar-refractivity contribution is 7.93. The molecule has 3 aromatic rings. The highest BCUT2D eigenvalue weighted by Crippen LogP contribution is 2.43. The molecule has 0 radical (unpaired) electrons. The van der Waals surface area contributed by atoms with E-state index in [2.05, 4.69) is 0 Å². The van der Waals surface area contributed by atoms with Crippen molar-refractivity contribution in [3.63, 3.8) is 0 Å². The molecule has 0 atom stereocenters. The van der Waals surface area contributed by atoms with Crippen LogP contribution in [0.2, 0.25) is 0 Å². The van der Waals surface area contributed by atoms with Gasteiger partial charge in [0, 0.05) is 5.56 Å². The number of nitrogens with zero attached hydrogens (tertiary/aromatic N) is 1. The zero-order chi connectivity index (χ0) is 22.9. The Hall–Kier alpha value is -3.58. The van der Waals surface area contributed by atoms with E-state index in [1.165, 1.54) is 13.2 Å². The van der Waals surface area contributed by atoms with Crippen molar-refractivity contribution in [3.05, 3.63) is 101 Å². The summed E-state index contributed by atoms with van der Waals surface area (Å²) in [5.74, 6) is -0.637. The zero-order valence-electron chi connectivity index (χ0n) is 18.0. The van der Waals surface area contributed by atoms with Crippen LogP contribution in [0.1, 0.15) is 22.3 Å². The lowest BCUT2D eigenvalue weighted by atomic mass is 10.1. The Morgan fingerprint density at radius 1 is 0.875 bits per heavy atom. The van der Waals surface area contributed by atoms with E-state index >= 15 is 0 Å². The van der Waals surface area contributed by atoms with Gasteiger partial charge in [-0.3, -0.25) is 0 Å². The summed E-state index contributed by atoms with van der Waals surface area (Å²) in [6.45, 7) is 3.77. The SMILES string of the molecule is COC(=O)C1=C(OCc2ccccc2)c2ccccc2S(=O)(=O)N1c1c(C)cccc1C. The van der Waals surface area contributed by atoms with E-state index in [0.29, 0.717) is 22.4 Å². The molecule has 1 aliphatic heterocycles. The van der Waals surface area contributed by atoms with E-state index in [0.717, 1.165) is 9.87 Å². The number of fused-ring (bicyclic) bond motifs is 1. The minimum Gasteiger partial charge on any atom is -0.486 e. The second-order valence-corrected chi connectivity index (χ2v) is 9.20. The highest BCUT2D eigenvalue weighted by atomic mass is 32.2. The van der Waals surface area contributed by atoms with E-state index in [1.807, 2.05) is 36.4 Å². The Kier molecular flexibility index (Phi) is 5.76. The van der Waals surface area contributed by atoms with Crippen molar-refractivity contribution >= 4 is 27.4 Å². The topological polar surface area (TPSA) is 72.9 Å². The van der Waals surface area contributed by atoms with E-state index in [9.17, 15) is 13.2 Å². The van der Waals surface area contributed by atoms with E-state index in [-0.39, 0.29) is 23.0 Å². The molecule has 0 N–H and O–H groups in total. The first kappa shape index (κ1) is 21.6. The zero-order valence-corrected chi connectivity index (χ0v) is 18.8. The van der Waals surface area contributed by atoms with Crippen LogP contribution in [-0.4, -0.2) is 21.5 Å². The molecule has 0 unspecified atom stereocenters. The highest BCUT2D eigenvalue weighted by Gasteiger charge is 2.43. The van der Waals surface area contributed by atoms with Gasteiger partial charge in [-0.15, -0.1) is 0 Å². The number of anilines is 1. The summed E-state index contributed by atoms with van der Waals surface area (Å²) in [5, 5.41) is 0. The molecule has 0 saturated carbocycles. The van der Waals surface area contributed by atoms with E-state index in [4.69, 9.17) is 9.47 Å². The number of sulfonamides is 1. The second kappa shape index (κ2) is 8.51. The fourth-order valence-corrected chi connectivity index (χ4v) is 5.64. The molecule has 0 amide bonds. The number of esters is 1. The molecule has 1 heterocycles. The van der Waals surface area contributed by atoms with Gasteiger partial charge in [-0.1, -0.05) is 60.7 Å². The van der Waals surface area contributed by atoms with E-state index < -0.39 is 16.0 Å². The van der Waals surface area contributed by atoms with Crippen LogP contribution in [0.15, 0.2) is 83.4 Å². The van der Waals surface area contributed by atoms with Gasteiger partial charge in [0.25, 0.3) is 10.0 Å². The van der Waals surface area contributed by atoms with Crippen LogP contribution in [0.3, 0.4) is 0 Å². The van der Waals surface area contributed by atoms with Crippen molar-refractivity contribution in [2.45, 2.75) is 25.3 Å². The Labute approximate surface area is 187 Å². The quantitative estimate of drug-likeness (QED) is 0.534. The van der Waals surface area contributed by atoms with Gasteiger partial charge in [-0.25, -0.2) is 17.5 Å². The third-order valence-corrected chi connectivity index (χ3v) is 7.07. The lowest BCUT2D eigenvalue weighted by molar-refractivity contribution is -0.136. The van der Waals surface area contributed by atoms with Crippen molar-refractivity contribution in [1.29, 1.82) is 0 Å². The number of aryl methyl sites for hydroxylation is 2. The molecule has 4 rings (SSSR count). The monoisotopic (exact) mass is 449 g/mol. The molecule has 0 spiro atoms. The molecule has 3 aromatic carbocycles. The molecule has 0 aromatic heterocycles. The molecule has 32 heavy (non-hydrogen) atoms. The third kappa shape index (κ3) is 3.65. The number of benzene rings is 3. The Balaban J connectivity index is 2.01. The number of hydrogen-bond donors (Lipinski definition) is 0. The van der Waals surface area contributed by atoms with E-state index in [1.54, 1.807) is 44.2 Å². The molecule has 1 aliphatic rings. The van der Waals surface area contributed by atoms with Gasteiger partial charge in [0.15, 0.2) is 11.5 Å². The van der Waals surface area contributed by atoms with Gasteiger partial charge in [0.05, 0.1) is 17.7 Å². The van der Waals surface area contributed by atoms with Crippen LogP contribution < -0.4 is 4.31 Å². The van der Waals surface area contributed by atoms with Gasteiger partial charge in [-0.2, -0.15) is 0 Å². The number of carbonyl (C=O) groups excluding carboxylic acids is 1. The number of hydrogen-bond acceptors (Lipinski definition) is 5. The second-order valence-electron chi connectivity index (χ2n) is 7.45. The lowest BCUT2D eigenvalue weighted by Crippen LogP contribution is -2.39. The number of para-hydroxylation sites is 1. The molecular formula is C25H23NO5S. The lowest BCUT2D eigenvalue weighted by Gasteiger charge is -2.34. The minimum absolute atomic E-state index is 0.0679. The molecule has 0 aliphatic carbocycles. The van der Waals surface area contributed by atoms with Crippen molar-refractivity contribution in [2.75, 3.05) is 11.4 Å². The van der Waals surface area contributed by atoms with Crippen molar-refractivity contribution < 1.29 is 22.7 Å². The first-order chi connectivity index (χ1) is 15.4. The molecule has 6 nitrogen and oxygen atoms in total. The maximum absolute atomic E-state index is 13.8. The summed E-state index contributed by atoms with van der Waals surface area (Å²) < 4.78 is 39.8. The van der Waals surface area contributed by atoms with Gasteiger partial charge in [0.1, 0.15) is 6.61 Å². The number of ether oxygens (including phenoxy) is 2. The summed E-state index contributed by atoms with van der Waals surface area (Å²) in [7, 11) is -2.88. The average molecular weight is 450 g/mol. The molecule has 7 heteroatoms. The molecule has 0 saturated heterocycles. The number of carbonyl (C=O) groups is 1.